The van der Waals surface area contributed by atoms with Crippen LogP contribution in [0.1, 0.15) is 5.56 Å². The molecule has 12 heavy (non-hydrogen) atoms. The van der Waals surface area contributed by atoms with Crippen molar-refractivity contribution in [3.05, 3.63) is 48.8 Å². The molecule has 0 spiro atoms. The van der Waals surface area contributed by atoms with Crippen molar-refractivity contribution in [3.8, 4) is 0 Å². The summed E-state index contributed by atoms with van der Waals surface area (Å²) in [6.45, 7) is 6.00. The van der Waals surface area contributed by atoms with Crippen molar-refractivity contribution in [2.24, 2.45) is 0 Å². The van der Waals surface area contributed by atoms with Gasteiger partial charge in [-0.2, -0.15) is 11.8 Å². The maximum atomic E-state index is 12.3. The van der Waals surface area contributed by atoms with Crippen molar-refractivity contribution >= 4 is 11.8 Å². The molecule has 0 atom stereocenters. The molecule has 0 heterocycles. The van der Waals surface area contributed by atoms with Gasteiger partial charge in [0.25, 0.3) is 0 Å². The summed E-state index contributed by atoms with van der Waals surface area (Å²) in [4.78, 5) is 0. The average molecular weight is 184 g/mol. The van der Waals surface area contributed by atoms with Gasteiger partial charge >= 0.3 is 0 Å². The predicted octanol–water partition coefficient (Wildman–Crippen LogP) is 3.49. The van der Waals surface area contributed by atoms with Crippen LogP contribution >= 0.6 is 11.8 Å². The van der Waals surface area contributed by atoms with Gasteiger partial charge in [-0.05, 0) is 24.0 Å². The van der Waals surface area contributed by atoms with Gasteiger partial charge in [-0.15, -0.1) is 13.2 Å². The molecule has 0 radical (unpaired) electrons. The minimum atomic E-state index is -0.162. The third kappa shape index (κ3) is 4.19. The molecular formula is C10H13FS. The summed E-state index contributed by atoms with van der Waals surface area (Å²) in [5, 5.41) is 0. The molecule has 0 aliphatic rings. The molecule has 1 aromatic carbocycles. The quantitative estimate of drug-likeness (QED) is 0.634. The average Bonchev–Trinajstić information content (AvgIpc) is 2.13. The van der Waals surface area contributed by atoms with Crippen LogP contribution in [0.3, 0.4) is 0 Å². The molecule has 0 N–H and O–H groups in total. The summed E-state index contributed by atoms with van der Waals surface area (Å²) >= 11 is 1.74. The van der Waals surface area contributed by atoms with Crippen LogP contribution in [0.5, 0.6) is 0 Å². The van der Waals surface area contributed by atoms with E-state index in [-0.39, 0.29) is 5.82 Å². The van der Waals surface area contributed by atoms with Crippen LogP contribution in [0.4, 0.5) is 4.39 Å². The molecule has 0 fully saturated rings. The van der Waals surface area contributed by atoms with Gasteiger partial charge in [0.15, 0.2) is 0 Å². The highest BCUT2D eigenvalue weighted by Gasteiger charge is 1.90. The van der Waals surface area contributed by atoms with Crippen LogP contribution < -0.4 is 0 Å². The number of rotatable bonds is 2. The van der Waals surface area contributed by atoms with E-state index in [0.29, 0.717) is 0 Å². The topological polar surface area (TPSA) is 0 Å². The van der Waals surface area contributed by atoms with E-state index in [4.69, 9.17) is 0 Å². The van der Waals surface area contributed by atoms with Crippen molar-refractivity contribution in [2.75, 3.05) is 6.26 Å². The molecule has 0 saturated carbocycles. The third-order valence-corrected chi connectivity index (χ3v) is 1.85. The Kier molecular flexibility index (Phi) is 6.48. The fourth-order valence-electron chi connectivity index (χ4n) is 0.747. The number of benzene rings is 1. The molecule has 0 aromatic heterocycles. The second kappa shape index (κ2) is 6.92. The summed E-state index contributed by atoms with van der Waals surface area (Å²) in [6, 6.07) is 6.61. The van der Waals surface area contributed by atoms with Gasteiger partial charge in [-0.1, -0.05) is 12.1 Å². The fourth-order valence-corrected chi connectivity index (χ4v) is 1.27. The molecule has 2 heteroatoms. The van der Waals surface area contributed by atoms with Gasteiger partial charge in [-0.3, -0.25) is 0 Å². The molecule has 1 aromatic rings. The predicted molar refractivity (Wildman–Crippen MR) is 54.9 cm³/mol. The van der Waals surface area contributed by atoms with E-state index in [1.165, 1.54) is 17.7 Å². The van der Waals surface area contributed by atoms with Crippen LogP contribution in [-0.4, -0.2) is 6.26 Å². The third-order valence-electron chi connectivity index (χ3n) is 1.22. The maximum Gasteiger partial charge on any atom is 0.123 e. The van der Waals surface area contributed by atoms with Crippen molar-refractivity contribution in [2.45, 2.75) is 5.75 Å². The zero-order valence-electron chi connectivity index (χ0n) is 7.22. The molecule has 1 rings (SSSR count). The molecule has 0 amide bonds. The Bertz CT molecular complexity index is 206. The first-order valence-corrected chi connectivity index (χ1v) is 4.95. The summed E-state index contributed by atoms with van der Waals surface area (Å²) in [5.41, 5.74) is 1.17. The molecule has 66 valence electrons. The number of thioether (sulfide) groups is 1. The lowest BCUT2D eigenvalue weighted by atomic mass is 10.2. The van der Waals surface area contributed by atoms with Gasteiger partial charge in [0.2, 0.25) is 0 Å². The van der Waals surface area contributed by atoms with Crippen LogP contribution in [0, 0.1) is 5.82 Å². The van der Waals surface area contributed by atoms with Crippen LogP contribution in [0.15, 0.2) is 37.4 Å². The van der Waals surface area contributed by atoms with Gasteiger partial charge < -0.3 is 0 Å². The second-order valence-corrected chi connectivity index (χ2v) is 2.93. The SMILES string of the molecule is C=C.CSCc1ccc(F)cc1. The second-order valence-electron chi connectivity index (χ2n) is 2.06. The van der Waals surface area contributed by atoms with Crippen molar-refractivity contribution in [1.29, 1.82) is 0 Å². The normalized spacial score (nSPS) is 8.50. The van der Waals surface area contributed by atoms with E-state index in [1.807, 2.05) is 18.4 Å². The number of halogens is 1. The van der Waals surface area contributed by atoms with Crippen molar-refractivity contribution in [1.82, 2.24) is 0 Å². The number of hydrogen-bond acceptors (Lipinski definition) is 1. The smallest absolute Gasteiger partial charge is 0.123 e. The fraction of sp³-hybridized carbons (Fsp3) is 0.200. The summed E-state index contributed by atoms with van der Waals surface area (Å²) < 4.78 is 12.3. The molecular weight excluding hydrogens is 171 g/mol. The Hall–Kier alpha value is -0.760. The first-order chi connectivity index (χ1) is 5.83. The molecule has 0 nitrogen and oxygen atoms in total. The van der Waals surface area contributed by atoms with Crippen molar-refractivity contribution < 1.29 is 4.39 Å². The lowest BCUT2D eigenvalue weighted by Gasteiger charge is -1.95. The summed E-state index contributed by atoms with van der Waals surface area (Å²) in [6.07, 6.45) is 2.03. The first-order valence-electron chi connectivity index (χ1n) is 3.56. The van der Waals surface area contributed by atoms with E-state index in [0.717, 1.165) is 5.75 Å². The Morgan fingerprint density at radius 3 is 2.17 bits per heavy atom. The largest absolute Gasteiger partial charge is 0.207 e. The van der Waals surface area contributed by atoms with Gasteiger partial charge in [0, 0.05) is 5.75 Å². The number of hydrogen-bond donors (Lipinski definition) is 0. The summed E-state index contributed by atoms with van der Waals surface area (Å²) in [7, 11) is 0. The standard InChI is InChI=1S/C8H9FS.C2H4/c1-10-6-7-2-4-8(9)5-3-7;1-2/h2-5H,6H2,1H3;1-2H2. The van der Waals surface area contributed by atoms with E-state index >= 15 is 0 Å². The lowest BCUT2D eigenvalue weighted by molar-refractivity contribution is 0.627. The Morgan fingerprint density at radius 1 is 1.25 bits per heavy atom. The van der Waals surface area contributed by atoms with Gasteiger partial charge in [-0.25, -0.2) is 4.39 Å². The molecule has 0 aliphatic carbocycles. The molecule has 0 saturated heterocycles. The minimum Gasteiger partial charge on any atom is -0.207 e. The lowest BCUT2D eigenvalue weighted by Crippen LogP contribution is -1.79. The zero-order valence-corrected chi connectivity index (χ0v) is 8.03. The summed E-state index contributed by atoms with van der Waals surface area (Å²) in [5.74, 6) is 0.796. The highest BCUT2D eigenvalue weighted by atomic mass is 32.2. The highest BCUT2D eigenvalue weighted by molar-refractivity contribution is 7.97. The van der Waals surface area contributed by atoms with Crippen LogP contribution in [0.2, 0.25) is 0 Å². The van der Waals surface area contributed by atoms with E-state index in [2.05, 4.69) is 13.2 Å². The molecule has 0 unspecified atom stereocenters. The Labute approximate surface area is 77.5 Å². The first kappa shape index (κ1) is 11.2. The minimum absolute atomic E-state index is 0.162. The van der Waals surface area contributed by atoms with Crippen LogP contribution in [-0.2, 0) is 5.75 Å². The molecule has 0 bridgehead atoms. The maximum absolute atomic E-state index is 12.3. The van der Waals surface area contributed by atoms with E-state index in [1.54, 1.807) is 11.8 Å². The molecule has 0 aliphatic heterocycles. The zero-order chi connectivity index (χ0) is 9.40. The van der Waals surface area contributed by atoms with E-state index < -0.39 is 0 Å². The van der Waals surface area contributed by atoms with Gasteiger partial charge in [0.1, 0.15) is 5.82 Å². The van der Waals surface area contributed by atoms with Crippen LogP contribution in [0.25, 0.3) is 0 Å². The monoisotopic (exact) mass is 184 g/mol. The highest BCUT2D eigenvalue weighted by Crippen LogP contribution is 2.09. The Morgan fingerprint density at radius 2 is 1.75 bits per heavy atom. The van der Waals surface area contributed by atoms with E-state index in [9.17, 15) is 4.39 Å². The Balaban J connectivity index is 0.000000561. The van der Waals surface area contributed by atoms with Gasteiger partial charge in [0.05, 0.1) is 0 Å². The van der Waals surface area contributed by atoms with Crippen molar-refractivity contribution in [3.63, 3.8) is 0 Å².